The summed E-state index contributed by atoms with van der Waals surface area (Å²) in [6.07, 6.45) is 3.28. The van der Waals surface area contributed by atoms with Gasteiger partial charge in [-0.25, -0.2) is 0 Å². The highest BCUT2D eigenvalue weighted by atomic mass is 28.4. The van der Waals surface area contributed by atoms with Gasteiger partial charge in [-0.1, -0.05) is 32.9 Å². The number of ether oxygens (including phenoxy) is 2. The number of amides is 1. The number of fused-ring (bicyclic) bond motifs is 1. The normalized spacial score (nSPS) is 24.1. The minimum absolute atomic E-state index is 0.0804. The van der Waals surface area contributed by atoms with Gasteiger partial charge in [0.15, 0.2) is 13.7 Å². The third kappa shape index (κ3) is 4.28. The molecule has 1 fully saturated rings. The molecule has 0 bridgehead atoms. The smallest absolute Gasteiger partial charge is 0.326 e. The second-order valence-corrected chi connectivity index (χ2v) is 14.0. The first-order chi connectivity index (χ1) is 13.4. The van der Waals surface area contributed by atoms with Gasteiger partial charge in [-0.3, -0.25) is 14.4 Å². The van der Waals surface area contributed by atoms with Crippen LogP contribution in [-0.2, 0) is 28.3 Å². The Morgan fingerprint density at radius 2 is 1.69 bits per heavy atom. The van der Waals surface area contributed by atoms with Crippen LogP contribution in [0, 0.1) is 5.41 Å². The number of rotatable bonds is 6. The largest absolute Gasteiger partial charge is 0.465 e. The van der Waals surface area contributed by atoms with Crippen molar-refractivity contribution in [1.29, 1.82) is 0 Å². The van der Waals surface area contributed by atoms with E-state index in [-0.39, 0.29) is 37.0 Å². The molecule has 2 atom stereocenters. The van der Waals surface area contributed by atoms with Gasteiger partial charge >= 0.3 is 11.9 Å². The summed E-state index contributed by atoms with van der Waals surface area (Å²) < 4.78 is 17.3. The topological polar surface area (TPSA) is 82.1 Å². The SMILES string of the molecule is CCOC(=O)C1(C(=O)OCC)CC=CCN2C(=O)C[C@@H](O[Si](C)(C)C(C)(C)C)[C@@H]21. The van der Waals surface area contributed by atoms with E-state index in [1.165, 1.54) is 0 Å². The minimum Gasteiger partial charge on any atom is -0.465 e. The second kappa shape index (κ2) is 8.59. The number of carbonyl (C=O) groups is 3. The summed E-state index contributed by atoms with van der Waals surface area (Å²) in [5, 5.41) is -0.0804. The maximum absolute atomic E-state index is 13.2. The lowest BCUT2D eigenvalue weighted by molar-refractivity contribution is -0.179. The van der Waals surface area contributed by atoms with E-state index in [1.54, 1.807) is 24.8 Å². The van der Waals surface area contributed by atoms with Crippen molar-refractivity contribution in [3.63, 3.8) is 0 Å². The molecule has 1 amide bonds. The highest BCUT2D eigenvalue weighted by Gasteiger charge is 2.63. The zero-order valence-electron chi connectivity index (χ0n) is 18.7. The monoisotopic (exact) mass is 425 g/mol. The van der Waals surface area contributed by atoms with Crippen LogP contribution in [0.3, 0.4) is 0 Å². The summed E-state index contributed by atoms with van der Waals surface area (Å²) >= 11 is 0. The highest BCUT2D eigenvalue weighted by molar-refractivity contribution is 6.74. The summed E-state index contributed by atoms with van der Waals surface area (Å²) in [5.41, 5.74) is -1.63. The Morgan fingerprint density at radius 3 is 2.17 bits per heavy atom. The summed E-state index contributed by atoms with van der Waals surface area (Å²) in [6, 6.07) is -0.753. The van der Waals surface area contributed by atoms with Gasteiger partial charge in [0.05, 0.1) is 31.8 Å². The molecule has 1 saturated heterocycles. The Kier molecular flexibility index (Phi) is 7.00. The van der Waals surface area contributed by atoms with Crippen molar-refractivity contribution in [2.45, 2.75) is 77.7 Å². The van der Waals surface area contributed by atoms with Gasteiger partial charge in [0.2, 0.25) is 5.91 Å². The molecular formula is C21H35NO6Si. The first kappa shape index (κ1) is 23.6. The highest BCUT2D eigenvalue weighted by Crippen LogP contribution is 2.46. The molecule has 0 spiro atoms. The molecule has 0 saturated carbocycles. The molecule has 0 unspecified atom stereocenters. The molecule has 0 aliphatic carbocycles. The fraction of sp³-hybridized carbons (Fsp3) is 0.762. The average molecular weight is 426 g/mol. The number of carbonyl (C=O) groups excluding carboxylic acids is 3. The van der Waals surface area contributed by atoms with Gasteiger partial charge < -0.3 is 18.8 Å². The lowest BCUT2D eigenvalue weighted by atomic mass is 9.75. The Morgan fingerprint density at radius 1 is 1.14 bits per heavy atom. The zero-order chi connectivity index (χ0) is 22.0. The first-order valence-electron chi connectivity index (χ1n) is 10.4. The Bertz CT molecular complexity index is 663. The zero-order valence-corrected chi connectivity index (χ0v) is 19.7. The maximum Gasteiger partial charge on any atom is 0.326 e. The van der Waals surface area contributed by atoms with E-state index in [2.05, 4.69) is 33.9 Å². The molecular weight excluding hydrogens is 390 g/mol. The number of nitrogens with zero attached hydrogens (tertiary/aromatic N) is 1. The van der Waals surface area contributed by atoms with E-state index >= 15 is 0 Å². The van der Waals surface area contributed by atoms with E-state index in [1.807, 2.05) is 6.08 Å². The van der Waals surface area contributed by atoms with E-state index in [0.29, 0.717) is 6.54 Å². The van der Waals surface area contributed by atoms with E-state index in [4.69, 9.17) is 13.9 Å². The summed E-state index contributed by atoms with van der Waals surface area (Å²) in [7, 11) is -2.26. The van der Waals surface area contributed by atoms with Crippen LogP contribution < -0.4 is 0 Å². The van der Waals surface area contributed by atoms with Crippen molar-refractivity contribution in [2.75, 3.05) is 19.8 Å². The van der Waals surface area contributed by atoms with Gasteiger partial charge in [-0.05, 0) is 38.4 Å². The molecule has 2 heterocycles. The second-order valence-electron chi connectivity index (χ2n) is 9.20. The van der Waals surface area contributed by atoms with Crippen LogP contribution >= 0.6 is 0 Å². The van der Waals surface area contributed by atoms with Crippen molar-refractivity contribution in [2.24, 2.45) is 5.41 Å². The number of esters is 2. The molecule has 0 aromatic heterocycles. The van der Waals surface area contributed by atoms with Crippen LogP contribution in [0.15, 0.2) is 12.2 Å². The molecule has 0 N–H and O–H groups in total. The molecule has 0 aromatic rings. The Labute approximate surface area is 174 Å². The average Bonchev–Trinajstić information content (AvgIpc) is 2.79. The molecule has 2 rings (SSSR count). The first-order valence-corrected chi connectivity index (χ1v) is 13.3. The van der Waals surface area contributed by atoms with Gasteiger partial charge in [0.25, 0.3) is 0 Å². The van der Waals surface area contributed by atoms with Crippen molar-refractivity contribution in [3.8, 4) is 0 Å². The summed E-state index contributed by atoms with van der Waals surface area (Å²) in [5.74, 6) is -1.43. The van der Waals surface area contributed by atoms with Crippen molar-refractivity contribution in [1.82, 2.24) is 4.90 Å². The van der Waals surface area contributed by atoms with Crippen molar-refractivity contribution in [3.05, 3.63) is 12.2 Å². The standard InChI is InChI=1S/C21H35NO6Si/c1-8-26-18(24)21(19(25)27-9-2)12-10-11-13-22-16(23)14-15(17(21)22)28-29(6,7)20(3,4)5/h10-11,15,17H,8-9,12-14H2,1-7H3/t15-,17-/m1/s1. The van der Waals surface area contributed by atoms with Crippen molar-refractivity contribution < 1.29 is 28.3 Å². The fourth-order valence-electron chi connectivity index (χ4n) is 3.81. The van der Waals surface area contributed by atoms with Crippen molar-refractivity contribution >= 4 is 26.2 Å². The predicted octanol–water partition coefficient (Wildman–Crippen LogP) is 3.05. The van der Waals surface area contributed by atoms with E-state index in [0.717, 1.165) is 0 Å². The van der Waals surface area contributed by atoms with Crippen LogP contribution in [0.4, 0.5) is 0 Å². The van der Waals surface area contributed by atoms with Crippen LogP contribution in [0.25, 0.3) is 0 Å². The summed E-state index contributed by atoms with van der Waals surface area (Å²) in [4.78, 5) is 40.9. The van der Waals surface area contributed by atoms with E-state index < -0.39 is 37.8 Å². The van der Waals surface area contributed by atoms with Crippen LogP contribution in [0.2, 0.25) is 18.1 Å². The van der Waals surface area contributed by atoms with Gasteiger partial charge in [-0.15, -0.1) is 0 Å². The third-order valence-electron chi connectivity index (χ3n) is 6.33. The summed E-state index contributed by atoms with van der Waals surface area (Å²) in [6.45, 7) is 14.6. The predicted molar refractivity (Wildman–Crippen MR) is 112 cm³/mol. The van der Waals surface area contributed by atoms with Gasteiger partial charge in [0, 0.05) is 6.54 Å². The van der Waals surface area contributed by atoms with Crippen LogP contribution in [0.1, 0.15) is 47.5 Å². The lowest BCUT2D eigenvalue weighted by Gasteiger charge is -2.44. The maximum atomic E-state index is 13.2. The molecule has 0 radical (unpaired) electrons. The third-order valence-corrected chi connectivity index (χ3v) is 10.8. The number of hydrogen-bond donors (Lipinski definition) is 0. The van der Waals surface area contributed by atoms with Gasteiger partial charge in [-0.2, -0.15) is 0 Å². The lowest BCUT2D eigenvalue weighted by Crippen LogP contribution is -2.60. The molecule has 7 nitrogen and oxygen atoms in total. The number of allylic oxidation sites excluding steroid dienone is 1. The quantitative estimate of drug-likeness (QED) is 0.282. The molecule has 29 heavy (non-hydrogen) atoms. The molecule has 0 aromatic carbocycles. The van der Waals surface area contributed by atoms with Crippen LogP contribution in [-0.4, -0.2) is 63.0 Å². The minimum atomic E-state index is -2.26. The Balaban J connectivity index is 2.58. The molecule has 8 heteroatoms. The molecule has 2 aliphatic rings. The fourth-order valence-corrected chi connectivity index (χ4v) is 5.13. The van der Waals surface area contributed by atoms with Gasteiger partial charge in [0.1, 0.15) is 0 Å². The van der Waals surface area contributed by atoms with Crippen LogP contribution in [0.5, 0.6) is 0 Å². The Hall–Kier alpha value is -1.67. The molecule has 164 valence electrons. The van der Waals surface area contributed by atoms with E-state index in [9.17, 15) is 14.4 Å². The number of hydrogen-bond acceptors (Lipinski definition) is 6. The molecule has 2 aliphatic heterocycles.